The first-order chi connectivity index (χ1) is 10.3. The lowest BCUT2D eigenvalue weighted by molar-refractivity contribution is 0.631. The van der Waals surface area contributed by atoms with Crippen LogP contribution in [0.3, 0.4) is 0 Å². The van der Waals surface area contributed by atoms with Gasteiger partial charge in [-0.25, -0.2) is 9.97 Å². The standard InChI is InChI=1S/C19H26N2/c1-3-5-6-7-8-9-17-14-20-19(21-15-17)18-12-10-16(4-2)11-13-18/h10-15H,3-9H2,1-2H3. The zero-order chi connectivity index (χ0) is 14.9. The maximum atomic E-state index is 4.51. The normalized spacial score (nSPS) is 10.8. The van der Waals surface area contributed by atoms with Crippen molar-refractivity contribution in [1.82, 2.24) is 9.97 Å². The quantitative estimate of drug-likeness (QED) is 0.620. The second-order valence-electron chi connectivity index (χ2n) is 5.63. The lowest BCUT2D eigenvalue weighted by Gasteiger charge is -2.04. The maximum absolute atomic E-state index is 4.51. The van der Waals surface area contributed by atoms with E-state index >= 15 is 0 Å². The molecule has 0 aliphatic carbocycles. The molecule has 21 heavy (non-hydrogen) atoms. The molecule has 0 unspecified atom stereocenters. The van der Waals surface area contributed by atoms with Crippen molar-refractivity contribution in [3.63, 3.8) is 0 Å². The molecule has 0 radical (unpaired) electrons. The van der Waals surface area contributed by atoms with Crippen LogP contribution in [0.15, 0.2) is 36.7 Å². The zero-order valence-electron chi connectivity index (χ0n) is 13.3. The molecule has 0 aliphatic heterocycles. The maximum Gasteiger partial charge on any atom is 0.159 e. The number of hydrogen-bond donors (Lipinski definition) is 0. The van der Waals surface area contributed by atoms with Crippen LogP contribution in [0.5, 0.6) is 0 Å². The van der Waals surface area contributed by atoms with Gasteiger partial charge < -0.3 is 0 Å². The monoisotopic (exact) mass is 282 g/mol. The molecule has 2 rings (SSSR count). The highest BCUT2D eigenvalue weighted by Gasteiger charge is 2.02. The Morgan fingerprint density at radius 2 is 1.43 bits per heavy atom. The van der Waals surface area contributed by atoms with E-state index in [1.54, 1.807) is 0 Å². The Morgan fingerprint density at radius 3 is 2.05 bits per heavy atom. The summed E-state index contributed by atoms with van der Waals surface area (Å²) in [6.07, 6.45) is 12.7. The molecule has 2 aromatic rings. The Labute approximate surface area is 128 Å². The molecule has 0 saturated heterocycles. The molecule has 1 aromatic carbocycles. The Morgan fingerprint density at radius 1 is 0.762 bits per heavy atom. The summed E-state index contributed by atoms with van der Waals surface area (Å²) in [5.74, 6) is 0.826. The molecule has 0 fully saturated rings. The molecule has 2 nitrogen and oxygen atoms in total. The third kappa shape index (κ3) is 4.96. The number of hydrogen-bond acceptors (Lipinski definition) is 2. The van der Waals surface area contributed by atoms with E-state index in [2.05, 4.69) is 48.1 Å². The summed E-state index contributed by atoms with van der Waals surface area (Å²) in [5, 5.41) is 0. The van der Waals surface area contributed by atoms with Crippen LogP contribution in [-0.4, -0.2) is 9.97 Å². The number of nitrogens with zero attached hydrogens (tertiary/aromatic N) is 2. The van der Waals surface area contributed by atoms with Gasteiger partial charge in [0.25, 0.3) is 0 Å². The number of rotatable bonds is 8. The Bertz CT molecular complexity index is 514. The van der Waals surface area contributed by atoms with Crippen molar-refractivity contribution in [1.29, 1.82) is 0 Å². The number of aryl methyl sites for hydroxylation is 2. The van der Waals surface area contributed by atoms with Crippen molar-refractivity contribution in [2.45, 2.75) is 58.8 Å². The van der Waals surface area contributed by atoms with Gasteiger partial charge >= 0.3 is 0 Å². The second kappa shape index (κ2) is 8.56. The van der Waals surface area contributed by atoms with Gasteiger partial charge in [-0.1, -0.05) is 63.8 Å². The van der Waals surface area contributed by atoms with Gasteiger partial charge in [0.1, 0.15) is 0 Å². The van der Waals surface area contributed by atoms with E-state index < -0.39 is 0 Å². The van der Waals surface area contributed by atoms with E-state index in [0.717, 1.165) is 24.2 Å². The van der Waals surface area contributed by atoms with Crippen LogP contribution in [-0.2, 0) is 12.8 Å². The van der Waals surface area contributed by atoms with Gasteiger partial charge in [0.05, 0.1) is 0 Å². The number of aromatic nitrogens is 2. The van der Waals surface area contributed by atoms with Crippen LogP contribution in [0.1, 0.15) is 57.1 Å². The molecule has 0 spiro atoms. The predicted molar refractivity (Wildman–Crippen MR) is 89.3 cm³/mol. The molecule has 0 amide bonds. The minimum Gasteiger partial charge on any atom is -0.236 e. The highest BCUT2D eigenvalue weighted by Crippen LogP contribution is 2.16. The van der Waals surface area contributed by atoms with Crippen LogP contribution in [0.2, 0.25) is 0 Å². The average molecular weight is 282 g/mol. The fourth-order valence-corrected chi connectivity index (χ4v) is 2.46. The molecule has 1 aromatic heterocycles. The molecule has 0 N–H and O–H groups in total. The van der Waals surface area contributed by atoms with Crippen LogP contribution in [0.25, 0.3) is 11.4 Å². The van der Waals surface area contributed by atoms with Gasteiger partial charge in [0.2, 0.25) is 0 Å². The third-order valence-corrected chi connectivity index (χ3v) is 3.89. The van der Waals surface area contributed by atoms with Gasteiger partial charge in [-0.05, 0) is 30.4 Å². The lowest BCUT2D eigenvalue weighted by atomic mass is 10.1. The van der Waals surface area contributed by atoms with Crippen molar-refractivity contribution in [2.75, 3.05) is 0 Å². The summed E-state index contributed by atoms with van der Waals surface area (Å²) in [7, 11) is 0. The Balaban J connectivity index is 1.88. The van der Waals surface area contributed by atoms with Crippen molar-refractivity contribution in [3.05, 3.63) is 47.8 Å². The highest BCUT2D eigenvalue weighted by molar-refractivity contribution is 5.55. The first kappa shape index (κ1) is 15.7. The molecule has 0 atom stereocenters. The van der Waals surface area contributed by atoms with E-state index in [9.17, 15) is 0 Å². The highest BCUT2D eigenvalue weighted by atomic mass is 14.9. The Kier molecular flexibility index (Phi) is 6.39. The molecule has 0 aliphatic rings. The Hall–Kier alpha value is -1.70. The number of benzene rings is 1. The molecule has 0 bridgehead atoms. The first-order valence-electron chi connectivity index (χ1n) is 8.23. The van der Waals surface area contributed by atoms with Gasteiger partial charge in [-0.3, -0.25) is 0 Å². The minimum absolute atomic E-state index is 0.826. The summed E-state index contributed by atoms with van der Waals surface area (Å²) >= 11 is 0. The molecule has 112 valence electrons. The molecule has 2 heteroatoms. The van der Waals surface area contributed by atoms with Crippen molar-refractivity contribution in [3.8, 4) is 11.4 Å². The lowest BCUT2D eigenvalue weighted by Crippen LogP contribution is -1.93. The van der Waals surface area contributed by atoms with E-state index in [1.165, 1.54) is 43.2 Å². The fraction of sp³-hybridized carbons (Fsp3) is 0.474. The summed E-state index contributed by atoms with van der Waals surface area (Å²) in [4.78, 5) is 9.02. The predicted octanol–water partition coefficient (Wildman–Crippen LogP) is 5.22. The van der Waals surface area contributed by atoms with Crippen LogP contribution < -0.4 is 0 Å². The summed E-state index contributed by atoms with van der Waals surface area (Å²) < 4.78 is 0. The smallest absolute Gasteiger partial charge is 0.159 e. The van der Waals surface area contributed by atoms with Crippen molar-refractivity contribution < 1.29 is 0 Å². The van der Waals surface area contributed by atoms with Crippen molar-refractivity contribution in [2.24, 2.45) is 0 Å². The van der Waals surface area contributed by atoms with E-state index in [0.29, 0.717) is 0 Å². The topological polar surface area (TPSA) is 25.8 Å². The van der Waals surface area contributed by atoms with Crippen LogP contribution >= 0.6 is 0 Å². The van der Waals surface area contributed by atoms with E-state index in [1.807, 2.05) is 12.4 Å². The summed E-state index contributed by atoms with van der Waals surface area (Å²) in [5.41, 5.74) is 3.70. The van der Waals surface area contributed by atoms with Crippen LogP contribution in [0.4, 0.5) is 0 Å². The van der Waals surface area contributed by atoms with Gasteiger partial charge in [-0.2, -0.15) is 0 Å². The van der Waals surface area contributed by atoms with E-state index in [-0.39, 0.29) is 0 Å². The third-order valence-electron chi connectivity index (χ3n) is 3.89. The largest absolute Gasteiger partial charge is 0.236 e. The summed E-state index contributed by atoms with van der Waals surface area (Å²) in [6, 6.07) is 8.53. The van der Waals surface area contributed by atoms with Gasteiger partial charge in [0.15, 0.2) is 5.82 Å². The average Bonchev–Trinajstić information content (AvgIpc) is 2.55. The van der Waals surface area contributed by atoms with E-state index in [4.69, 9.17) is 0 Å². The summed E-state index contributed by atoms with van der Waals surface area (Å²) in [6.45, 7) is 4.42. The van der Waals surface area contributed by atoms with Gasteiger partial charge in [-0.15, -0.1) is 0 Å². The van der Waals surface area contributed by atoms with Crippen molar-refractivity contribution >= 4 is 0 Å². The number of unbranched alkanes of at least 4 members (excludes halogenated alkanes) is 4. The molecule has 1 heterocycles. The zero-order valence-corrected chi connectivity index (χ0v) is 13.3. The molecular formula is C19H26N2. The molecular weight excluding hydrogens is 256 g/mol. The van der Waals surface area contributed by atoms with Crippen LogP contribution in [0, 0.1) is 0 Å². The SMILES string of the molecule is CCCCCCCc1cnc(-c2ccc(CC)cc2)nc1. The fourth-order valence-electron chi connectivity index (χ4n) is 2.46. The molecule has 0 saturated carbocycles. The second-order valence-corrected chi connectivity index (χ2v) is 5.63. The first-order valence-corrected chi connectivity index (χ1v) is 8.23. The minimum atomic E-state index is 0.826. The van der Waals surface area contributed by atoms with Gasteiger partial charge in [0, 0.05) is 18.0 Å².